The van der Waals surface area contributed by atoms with Crippen LogP contribution in [-0.2, 0) is 0 Å². The second kappa shape index (κ2) is 4.47. The largest absolute Gasteiger partial charge is 0.397 e. The molecule has 3 N–H and O–H groups in total. The molecule has 0 amide bonds. The molecule has 2 fully saturated rings. The maximum atomic E-state index is 10.7. The van der Waals surface area contributed by atoms with E-state index in [9.17, 15) is 5.11 Å². The summed E-state index contributed by atoms with van der Waals surface area (Å²) in [5.74, 6) is 0.416. The number of rotatable bonds is 1. The maximum Gasteiger partial charge on any atom is 0.0709 e. The first kappa shape index (κ1) is 11.8. The van der Waals surface area contributed by atoms with Crippen LogP contribution in [-0.4, -0.2) is 23.8 Å². The van der Waals surface area contributed by atoms with Gasteiger partial charge in [0.25, 0.3) is 0 Å². The van der Waals surface area contributed by atoms with Crippen LogP contribution in [0.1, 0.15) is 32.1 Å². The Morgan fingerprint density at radius 2 is 2.06 bits per heavy atom. The number of fused-ring (bicyclic) bond motifs is 1. The number of hydrogen-bond donors (Lipinski definition) is 2. The second-order valence-electron chi connectivity index (χ2n) is 5.80. The SMILES string of the molecule is Nc1ccccc1N1CCC2(O)CCCCC2C1. The fourth-order valence-electron chi connectivity index (χ4n) is 3.57. The van der Waals surface area contributed by atoms with Gasteiger partial charge < -0.3 is 15.7 Å². The zero-order valence-electron chi connectivity index (χ0n) is 10.8. The van der Waals surface area contributed by atoms with Crippen LogP contribution in [0, 0.1) is 5.92 Å². The number of nitrogens with zero attached hydrogens (tertiary/aromatic N) is 1. The van der Waals surface area contributed by atoms with Crippen molar-refractivity contribution in [2.75, 3.05) is 23.7 Å². The molecule has 1 saturated heterocycles. The fraction of sp³-hybridized carbons (Fsp3) is 0.600. The van der Waals surface area contributed by atoms with Crippen LogP contribution in [0.15, 0.2) is 24.3 Å². The minimum Gasteiger partial charge on any atom is -0.397 e. The number of benzene rings is 1. The molecule has 3 rings (SSSR count). The third-order valence-corrected chi connectivity index (χ3v) is 4.71. The molecule has 18 heavy (non-hydrogen) atoms. The zero-order chi connectivity index (χ0) is 12.6. The Kier molecular flexibility index (Phi) is 2.94. The van der Waals surface area contributed by atoms with Crippen molar-refractivity contribution in [1.29, 1.82) is 0 Å². The van der Waals surface area contributed by atoms with Gasteiger partial charge in [-0.15, -0.1) is 0 Å². The van der Waals surface area contributed by atoms with Crippen molar-refractivity contribution in [3.63, 3.8) is 0 Å². The van der Waals surface area contributed by atoms with Gasteiger partial charge in [-0.2, -0.15) is 0 Å². The van der Waals surface area contributed by atoms with E-state index in [0.29, 0.717) is 5.92 Å². The fourth-order valence-corrected chi connectivity index (χ4v) is 3.57. The Hall–Kier alpha value is -1.22. The summed E-state index contributed by atoms with van der Waals surface area (Å²) in [6, 6.07) is 8.05. The molecule has 0 spiro atoms. The van der Waals surface area contributed by atoms with Crippen LogP contribution in [0.4, 0.5) is 11.4 Å². The quantitative estimate of drug-likeness (QED) is 0.748. The molecule has 2 unspecified atom stereocenters. The summed E-state index contributed by atoms with van der Waals surface area (Å²) in [7, 11) is 0. The molecule has 98 valence electrons. The molecule has 1 aromatic rings. The van der Waals surface area contributed by atoms with Crippen LogP contribution in [0.5, 0.6) is 0 Å². The number of nitrogen functional groups attached to an aromatic ring is 1. The lowest BCUT2D eigenvalue weighted by Gasteiger charge is -2.48. The van der Waals surface area contributed by atoms with Gasteiger partial charge in [0.15, 0.2) is 0 Å². The molecule has 2 aliphatic rings. The van der Waals surface area contributed by atoms with Gasteiger partial charge in [-0.25, -0.2) is 0 Å². The maximum absolute atomic E-state index is 10.7. The van der Waals surface area contributed by atoms with Gasteiger partial charge in [-0.1, -0.05) is 25.0 Å². The Bertz CT molecular complexity index is 434. The summed E-state index contributed by atoms with van der Waals surface area (Å²) in [5.41, 5.74) is 7.62. The minimum atomic E-state index is -0.404. The number of nitrogens with two attached hydrogens (primary N) is 1. The van der Waals surface area contributed by atoms with Gasteiger partial charge in [-0.05, 0) is 31.4 Å². The molecule has 1 aromatic carbocycles. The monoisotopic (exact) mass is 246 g/mol. The number of aliphatic hydroxyl groups is 1. The van der Waals surface area contributed by atoms with Crippen molar-refractivity contribution in [3.8, 4) is 0 Å². The van der Waals surface area contributed by atoms with Crippen LogP contribution in [0.2, 0.25) is 0 Å². The molecule has 0 bridgehead atoms. The summed E-state index contributed by atoms with van der Waals surface area (Å²) in [5, 5.41) is 10.7. The van der Waals surface area contributed by atoms with Crippen LogP contribution in [0.3, 0.4) is 0 Å². The van der Waals surface area contributed by atoms with Gasteiger partial charge in [0.1, 0.15) is 0 Å². The van der Waals surface area contributed by atoms with E-state index in [1.165, 1.54) is 12.8 Å². The smallest absolute Gasteiger partial charge is 0.0709 e. The topological polar surface area (TPSA) is 49.5 Å². The molecule has 3 heteroatoms. The van der Waals surface area contributed by atoms with E-state index < -0.39 is 5.60 Å². The van der Waals surface area contributed by atoms with Crippen molar-refractivity contribution in [2.24, 2.45) is 5.92 Å². The highest BCUT2D eigenvalue weighted by Gasteiger charge is 2.42. The first-order valence-electron chi connectivity index (χ1n) is 7.01. The van der Waals surface area contributed by atoms with Crippen molar-refractivity contribution in [3.05, 3.63) is 24.3 Å². The zero-order valence-corrected chi connectivity index (χ0v) is 10.8. The van der Waals surface area contributed by atoms with Gasteiger partial charge in [0.2, 0.25) is 0 Å². The van der Waals surface area contributed by atoms with Crippen molar-refractivity contribution >= 4 is 11.4 Å². The van der Waals surface area contributed by atoms with Crippen LogP contribution < -0.4 is 10.6 Å². The van der Waals surface area contributed by atoms with E-state index in [4.69, 9.17) is 5.73 Å². The van der Waals surface area contributed by atoms with E-state index in [0.717, 1.165) is 43.7 Å². The highest BCUT2D eigenvalue weighted by atomic mass is 16.3. The summed E-state index contributed by atoms with van der Waals surface area (Å²) in [6.07, 6.45) is 5.45. The molecular weight excluding hydrogens is 224 g/mol. The van der Waals surface area contributed by atoms with Crippen LogP contribution >= 0.6 is 0 Å². The normalized spacial score (nSPS) is 32.1. The Balaban J connectivity index is 1.80. The van der Waals surface area contributed by atoms with E-state index >= 15 is 0 Å². The van der Waals surface area contributed by atoms with E-state index in [1.54, 1.807) is 0 Å². The summed E-state index contributed by atoms with van der Waals surface area (Å²) in [6.45, 7) is 1.87. The van der Waals surface area contributed by atoms with Crippen molar-refractivity contribution in [2.45, 2.75) is 37.7 Å². The number of piperidine rings is 1. The molecular formula is C15H22N2O. The highest BCUT2D eigenvalue weighted by molar-refractivity contribution is 5.67. The standard InChI is InChI=1S/C15H22N2O/c16-13-6-1-2-7-14(13)17-10-9-15(18)8-4-3-5-12(15)11-17/h1-2,6-7,12,18H,3-5,8-11,16H2. The van der Waals surface area contributed by atoms with Crippen LogP contribution in [0.25, 0.3) is 0 Å². The minimum absolute atomic E-state index is 0.404. The number of hydrogen-bond acceptors (Lipinski definition) is 3. The highest BCUT2D eigenvalue weighted by Crippen LogP contribution is 2.41. The Morgan fingerprint density at radius 1 is 1.22 bits per heavy atom. The Morgan fingerprint density at radius 3 is 2.89 bits per heavy atom. The summed E-state index contributed by atoms with van der Waals surface area (Å²) >= 11 is 0. The number of anilines is 2. The summed E-state index contributed by atoms with van der Waals surface area (Å²) in [4.78, 5) is 2.35. The molecule has 0 radical (unpaired) electrons. The predicted molar refractivity (Wildman–Crippen MR) is 74.6 cm³/mol. The van der Waals surface area contributed by atoms with E-state index in [-0.39, 0.29) is 0 Å². The van der Waals surface area contributed by atoms with Gasteiger partial charge in [-0.3, -0.25) is 0 Å². The average Bonchev–Trinajstić information content (AvgIpc) is 2.38. The Labute approximate surface area is 109 Å². The molecule has 3 nitrogen and oxygen atoms in total. The predicted octanol–water partition coefficient (Wildman–Crippen LogP) is 2.40. The first-order chi connectivity index (χ1) is 8.69. The summed E-state index contributed by atoms with van der Waals surface area (Å²) < 4.78 is 0. The molecule has 1 heterocycles. The molecule has 0 aromatic heterocycles. The molecule has 1 saturated carbocycles. The lowest BCUT2D eigenvalue weighted by atomic mass is 9.71. The molecule has 1 aliphatic carbocycles. The third kappa shape index (κ3) is 1.97. The van der Waals surface area contributed by atoms with Gasteiger partial charge in [0.05, 0.1) is 17.0 Å². The van der Waals surface area contributed by atoms with E-state index in [2.05, 4.69) is 11.0 Å². The lowest BCUT2D eigenvalue weighted by Crippen LogP contribution is -2.53. The number of para-hydroxylation sites is 2. The van der Waals surface area contributed by atoms with Gasteiger partial charge in [0, 0.05) is 19.0 Å². The van der Waals surface area contributed by atoms with Crippen molar-refractivity contribution < 1.29 is 5.11 Å². The third-order valence-electron chi connectivity index (χ3n) is 4.71. The van der Waals surface area contributed by atoms with Gasteiger partial charge >= 0.3 is 0 Å². The first-order valence-corrected chi connectivity index (χ1v) is 7.01. The van der Waals surface area contributed by atoms with E-state index in [1.807, 2.05) is 18.2 Å². The lowest BCUT2D eigenvalue weighted by molar-refractivity contribution is -0.0612. The molecule has 1 aliphatic heterocycles. The average molecular weight is 246 g/mol. The van der Waals surface area contributed by atoms with Crippen molar-refractivity contribution in [1.82, 2.24) is 0 Å². The second-order valence-corrected chi connectivity index (χ2v) is 5.80. The molecule has 2 atom stereocenters.